The van der Waals surface area contributed by atoms with E-state index in [9.17, 15) is 8.42 Å². The summed E-state index contributed by atoms with van der Waals surface area (Å²) in [6, 6.07) is 10.5. The SMILES string of the molecule is NS(=O)(=O)c1cc(Br)c(OCc2ccc(Br)cc2)c(Br)c1. The molecule has 0 aliphatic heterocycles. The normalized spacial score (nSPS) is 11.4. The van der Waals surface area contributed by atoms with Crippen molar-refractivity contribution in [3.05, 3.63) is 55.4 Å². The van der Waals surface area contributed by atoms with Crippen LogP contribution in [-0.4, -0.2) is 8.42 Å². The molecule has 0 fully saturated rings. The van der Waals surface area contributed by atoms with Gasteiger partial charge >= 0.3 is 0 Å². The lowest BCUT2D eigenvalue weighted by molar-refractivity contribution is 0.302. The number of primary sulfonamides is 1. The molecule has 0 aromatic heterocycles. The minimum atomic E-state index is -3.76. The van der Waals surface area contributed by atoms with Gasteiger partial charge in [0.15, 0.2) is 0 Å². The summed E-state index contributed by atoms with van der Waals surface area (Å²) in [7, 11) is -3.76. The summed E-state index contributed by atoms with van der Waals surface area (Å²) >= 11 is 9.95. The van der Waals surface area contributed by atoms with Crippen LogP contribution in [0.2, 0.25) is 0 Å². The van der Waals surface area contributed by atoms with Gasteiger partial charge in [-0.15, -0.1) is 0 Å². The Morgan fingerprint density at radius 1 is 1.00 bits per heavy atom. The monoisotopic (exact) mass is 497 g/mol. The number of ether oxygens (including phenoxy) is 1. The number of hydrogen-bond acceptors (Lipinski definition) is 3. The molecule has 0 radical (unpaired) electrons. The van der Waals surface area contributed by atoms with Crippen molar-refractivity contribution in [1.82, 2.24) is 0 Å². The van der Waals surface area contributed by atoms with Crippen molar-refractivity contribution in [2.75, 3.05) is 0 Å². The molecule has 112 valence electrons. The molecule has 0 heterocycles. The Kier molecular flexibility index (Phi) is 5.48. The fourth-order valence-electron chi connectivity index (χ4n) is 1.57. The fraction of sp³-hybridized carbons (Fsp3) is 0.0769. The molecule has 2 N–H and O–H groups in total. The Balaban J connectivity index is 2.23. The Labute approximate surface area is 148 Å². The van der Waals surface area contributed by atoms with Crippen molar-refractivity contribution >= 4 is 57.8 Å². The lowest BCUT2D eigenvalue weighted by atomic mass is 10.2. The maximum atomic E-state index is 11.4. The molecule has 0 atom stereocenters. The van der Waals surface area contributed by atoms with Gasteiger partial charge in [-0.2, -0.15) is 0 Å². The van der Waals surface area contributed by atoms with Crippen molar-refractivity contribution < 1.29 is 13.2 Å². The predicted octanol–water partition coefficient (Wildman–Crippen LogP) is 4.20. The van der Waals surface area contributed by atoms with E-state index in [4.69, 9.17) is 9.88 Å². The van der Waals surface area contributed by atoms with Gasteiger partial charge in [-0.25, -0.2) is 13.6 Å². The second-order valence-electron chi connectivity index (χ2n) is 4.18. The predicted molar refractivity (Wildman–Crippen MR) is 91.7 cm³/mol. The highest BCUT2D eigenvalue weighted by Crippen LogP contribution is 2.36. The summed E-state index contributed by atoms with van der Waals surface area (Å²) in [6.07, 6.45) is 0. The van der Waals surface area contributed by atoms with E-state index in [1.54, 1.807) is 0 Å². The average Bonchev–Trinajstić information content (AvgIpc) is 2.38. The largest absolute Gasteiger partial charge is 0.487 e. The zero-order chi connectivity index (χ0) is 15.6. The Morgan fingerprint density at radius 3 is 2.00 bits per heavy atom. The zero-order valence-electron chi connectivity index (χ0n) is 10.5. The zero-order valence-corrected chi connectivity index (χ0v) is 16.1. The molecule has 0 bridgehead atoms. The van der Waals surface area contributed by atoms with Crippen LogP contribution in [-0.2, 0) is 16.6 Å². The van der Waals surface area contributed by atoms with E-state index in [-0.39, 0.29) is 4.90 Å². The van der Waals surface area contributed by atoms with E-state index in [2.05, 4.69) is 47.8 Å². The van der Waals surface area contributed by atoms with Crippen LogP contribution in [0, 0.1) is 0 Å². The highest BCUT2D eigenvalue weighted by molar-refractivity contribution is 9.11. The molecule has 0 saturated heterocycles. The molecule has 4 nitrogen and oxygen atoms in total. The molecule has 0 spiro atoms. The molecule has 0 aliphatic rings. The molecule has 21 heavy (non-hydrogen) atoms. The topological polar surface area (TPSA) is 69.4 Å². The first-order valence-electron chi connectivity index (χ1n) is 5.66. The van der Waals surface area contributed by atoms with Crippen molar-refractivity contribution in [1.29, 1.82) is 0 Å². The van der Waals surface area contributed by atoms with E-state index in [1.165, 1.54) is 12.1 Å². The number of nitrogens with two attached hydrogens (primary N) is 1. The lowest BCUT2D eigenvalue weighted by Gasteiger charge is -2.12. The van der Waals surface area contributed by atoms with Crippen LogP contribution in [0.5, 0.6) is 5.75 Å². The van der Waals surface area contributed by atoms with Gasteiger partial charge in [-0.05, 0) is 61.7 Å². The third kappa shape index (κ3) is 4.53. The van der Waals surface area contributed by atoms with Crippen LogP contribution in [0.3, 0.4) is 0 Å². The second-order valence-corrected chi connectivity index (χ2v) is 8.36. The van der Waals surface area contributed by atoms with Crippen molar-refractivity contribution in [2.45, 2.75) is 11.5 Å². The highest BCUT2D eigenvalue weighted by Gasteiger charge is 2.15. The average molecular weight is 500 g/mol. The highest BCUT2D eigenvalue weighted by atomic mass is 79.9. The van der Waals surface area contributed by atoms with Gasteiger partial charge in [0.25, 0.3) is 0 Å². The first kappa shape index (κ1) is 17.0. The lowest BCUT2D eigenvalue weighted by Crippen LogP contribution is -2.12. The van der Waals surface area contributed by atoms with E-state index >= 15 is 0 Å². The van der Waals surface area contributed by atoms with Crippen LogP contribution < -0.4 is 9.88 Å². The van der Waals surface area contributed by atoms with Crippen LogP contribution in [0.15, 0.2) is 54.7 Å². The first-order chi connectivity index (χ1) is 9.77. The van der Waals surface area contributed by atoms with Gasteiger partial charge in [0.1, 0.15) is 12.4 Å². The molecule has 0 amide bonds. The Bertz CT molecular complexity index is 738. The number of halogens is 3. The maximum Gasteiger partial charge on any atom is 0.238 e. The molecular weight excluding hydrogens is 490 g/mol. The molecule has 2 aromatic rings. The smallest absolute Gasteiger partial charge is 0.238 e. The van der Waals surface area contributed by atoms with Gasteiger partial charge in [-0.1, -0.05) is 28.1 Å². The summed E-state index contributed by atoms with van der Waals surface area (Å²) in [4.78, 5) is 0.0113. The maximum absolute atomic E-state index is 11.4. The third-order valence-electron chi connectivity index (χ3n) is 2.60. The molecule has 0 saturated carbocycles. The molecule has 0 unspecified atom stereocenters. The van der Waals surface area contributed by atoms with Crippen LogP contribution in [0.1, 0.15) is 5.56 Å². The Morgan fingerprint density at radius 2 is 1.52 bits per heavy atom. The summed E-state index contributed by atoms with van der Waals surface area (Å²) < 4.78 is 30.4. The molecule has 2 aromatic carbocycles. The van der Waals surface area contributed by atoms with Gasteiger partial charge in [0.05, 0.1) is 13.8 Å². The number of sulfonamides is 1. The molecular formula is C13H10Br3NO3S. The number of hydrogen-bond donors (Lipinski definition) is 1. The summed E-state index contributed by atoms with van der Waals surface area (Å²) in [6.45, 7) is 0.360. The molecule has 8 heteroatoms. The van der Waals surface area contributed by atoms with Gasteiger partial charge in [0, 0.05) is 4.47 Å². The van der Waals surface area contributed by atoms with E-state index in [0.29, 0.717) is 21.3 Å². The number of benzene rings is 2. The van der Waals surface area contributed by atoms with Crippen molar-refractivity contribution in [3.8, 4) is 5.75 Å². The second kappa shape index (κ2) is 6.78. The van der Waals surface area contributed by atoms with E-state index in [0.717, 1.165) is 10.0 Å². The Hall–Kier alpha value is -0.410. The van der Waals surface area contributed by atoms with E-state index in [1.807, 2.05) is 24.3 Å². The van der Waals surface area contributed by atoms with Gasteiger partial charge < -0.3 is 4.74 Å². The number of rotatable bonds is 4. The minimum Gasteiger partial charge on any atom is -0.487 e. The standard InChI is InChI=1S/C13H10Br3NO3S/c14-9-3-1-8(2-4-9)7-20-13-11(15)5-10(6-12(13)16)21(17,18)19/h1-6H,7H2,(H2,17,18,19). The minimum absolute atomic E-state index is 0.0113. The van der Waals surface area contributed by atoms with Crippen LogP contribution in [0.25, 0.3) is 0 Å². The molecule has 2 rings (SSSR count). The first-order valence-corrected chi connectivity index (χ1v) is 9.59. The van der Waals surface area contributed by atoms with Crippen molar-refractivity contribution in [3.63, 3.8) is 0 Å². The summed E-state index contributed by atoms with van der Waals surface area (Å²) in [5, 5.41) is 5.11. The fourth-order valence-corrected chi connectivity index (χ4v) is 4.12. The molecule has 0 aliphatic carbocycles. The summed E-state index contributed by atoms with van der Waals surface area (Å²) in [5.41, 5.74) is 0.993. The van der Waals surface area contributed by atoms with E-state index < -0.39 is 10.0 Å². The summed E-state index contributed by atoms with van der Waals surface area (Å²) in [5.74, 6) is 0.519. The quantitative estimate of drug-likeness (QED) is 0.685. The van der Waals surface area contributed by atoms with Gasteiger partial charge in [0.2, 0.25) is 10.0 Å². The van der Waals surface area contributed by atoms with Crippen LogP contribution in [0.4, 0.5) is 0 Å². The third-order valence-corrected chi connectivity index (χ3v) is 5.20. The van der Waals surface area contributed by atoms with Crippen molar-refractivity contribution in [2.24, 2.45) is 5.14 Å². The van der Waals surface area contributed by atoms with Gasteiger partial charge in [-0.3, -0.25) is 0 Å². The van der Waals surface area contributed by atoms with Crippen LogP contribution >= 0.6 is 47.8 Å².